The quantitative estimate of drug-likeness (QED) is 0.273. The van der Waals surface area contributed by atoms with Crippen molar-refractivity contribution in [3.8, 4) is 17.0 Å². The summed E-state index contributed by atoms with van der Waals surface area (Å²) < 4.78 is 9.98. The molecule has 0 radical (unpaired) electrons. The number of fused-ring (bicyclic) bond motifs is 1. The summed E-state index contributed by atoms with van der Waals surface area (Å²) in [5.74, 6) is 1.62. The Balaban J connectivity index is 1.40. The van der Waals surface area contributed by atoms with Gasteiger partial charge in [0.15, 0.2) is 0 Å². The third-order valence-corrected chi connectivity index (χ3v) is 7.36. The first kappa shape index (κ1) is 26.5. The molecular formula is C28H35ClN6O3. The SMILES string of the molecule is CCNc1cc2c(cn1)c(-c1cnn(C[C@H](O)C(C)(C)O)c1)nn2C1CCC(Oc2cccc(Cl)c2)CC1. The van der Waals surface area contributed by atoms with Crippen molar-refractivity contribution >= 4 is 28.3 Å². The Morgan fingerprint density at radius 3 is 2.68 bits per heavy atom. The summed E-state index contributed by atoms with van der Waals surface area (Å²) in [5, 5.41) is 34.8. The van der Waals surface area contributed by atoms with Gasteiger partial charge in [-0.15, -0.1) is 0 Å². The van der Waals surface area contributed by atoms with E-state index >= 15 is 0 Å². The number of halogens is 1. The highest BCUT2D eigenvalue weighted by Gasteiger charge is 2.28. The van der Waals surface area contributed by atoms with Gasteiger partial charge in [-0.25, -0.2) is 4.98 Å². The minimum atomic E-state index is -1.22. The second-order valence-corrected chi connectivity index (χ2v) is 11.0. The number of aromatic nitrogens is 5. The summed E-state index contributed by atoms with van der Waals surface area (Å²) in [7, 11) is 0. The minimum Gasteiger partial charge on any atom is -0.490 e. The molecule has 38 heavy (non-hydrogen) atoms. The van der Waals surface area contributed by atoms with Crippen molar-refractivity contribution in [2.24, 2.45) is 0 Å². The lowest BCUT2D eigenvalue weighted by molar-refractivity contribution is -0.0566. The van der Waals surface area contributed by atoms with E-state index in [4.69, 9.17) is 21.4 Å². The molecule has 0 bridgehead atoms. The molecule has 0 amide bonds. The van der Waals surface area contributed by atoms with E-state index in [9.17, 15) is 10.2 Å². The molecule has 4 aromatic rings. The van der Waals surface area contributed by atoms with Gasteiger partial charge in [-0.3, -0.25) is 9.36 Å². The van der Waals surface area contributed by atoms with Crippen LogP contribution in [0.1, 0.15) is 52.5 Å². The van der Waals surface area contributed by atoms with Crippen LogP contribution in [0.5, 0.6) is 5.75 Å². The van der Waals surface area contributed by atoms with Gasteiger partial charge >= 0.3 is 0 Å². The van der Waals surface area contributed by atoms with Crippen LogP contribution in [0.2, 0.25) is 5.02 Å². The number of pyridine rings is 1. The van der Waals surface area contributed by atoms with Gasteiger partial charge in [0, 0.05) is 41.0 Å². The molecular weight excluding hydrogens is 504 g/mol. The lowest BCUT2D eigenvalue weighted by atomic mass is 9.93. The Morgan fingerprint density at radius 2 is 1.97 bits per heavy atom. The van der Waals surface area contributed by atoms with E-state index in [1.807, 2.05) is 43.6 Å². The third-order valence-electron chi connectivity index (χ3n) is 7.12. The fourth-order valence-corrected chi connectivity index (χ4v) is 5.11. The fourth-order valence-electron chi connectivity index (χ4n) is 4.93. The molecule has 1 atom stereocenters. The molecule has 1 aliphatic rings. The number of hydrogen-bond acceptors (Lipinski definition) is 7. The summed E-state index contributed by atoms with van der Waals surface area (Å²) in [4.78, 5) is 4.60. The fraction of sp³-hybridized carbons (Fsp3) is 0.464. The van der Waals surface area contributed by atoms with Crippen molar-refractivity contribution in [1.82, 2.24) is 24.5 Å². The smallest absolute Gasteiger partial charge is 0.128 e. The summed E-state index contributed by atoms with van der Waals surface area (Å²) in [5.41, 5.74) is 1.45. The van der Waals surface area contributed by atoms with Crippen molar-refractivity contribution < 1.29 is 14.9 Å². The highest BCUT2D eigenvalue weighted by molar-refractivity contribution is 6.30. The van der Waals surface area contributed by atoms with Crippen LogP contribution in [0, 0.1) is 0 Å². The molecule has 5 rings (SSSR count). The molecule has 1 fully saturated rings. The Morgan fingerprint density at radius 1 is 1.18 bits per heavy atom. The van der Waals surface area contributed by atoms with Gasteiger partial charge in [-0.05, 0) is 64.7 Å². The normalized spacial score (nSPS) is 19.0. The Labute approximate surface area is 227 Å². The predicted octanol–water partition coefficient (Wildman–Crippen LogP) is 5.07. The molecule has 0 unspecified atom stereocenters. The van der Waals surface area contributed by atoms with Gasteiger partial charge in [0.05, 0.1) is 36.0 Å². The second-order valence-electron chi connectivity index (χ2n) is 10.5. The van der Waals surface area contributed by atoms with Gasteiger partial charge in [0.1, 0.15) is 23.4 Å². The van der Waals surface area contributed by atoms with E-state index in [1.54, 1.807) is 24.7 Å². The molecule has 1 saturated carbocycles. The minimum absolute atomic E-state index is 0.144. The highest BCUT2D eigenvalue weighted by atomic mass is 35.5. The second kappa shape index (κ2) is 10.9. The first-order valence-electron chi connectivity index (χ1n) is 13.2. The van der Waals surface area contributed by atoms with Crippen LogP contribution in [0.15, 0.2) is 48.9 Å². The molecule has 3 N–H and O–H groups in total. The first-order valence-corrected chi connectivity index (χ1v) is 13.6. The Kier molecular flexibility index (Phi) is 7.61. The number of anilines is 1. The molecule has 0 aliphatic heterocycles. The average molecular weight is 539 g/mol. The lowest BCUT2D eigenvalue weighted by Gasteiger charge is -2.29. The van der Waals surface area contributed by atoms with E-state index in [0.717, 1.165) is 66.0 Å². The van der Waals surface area contributed by atoms with Crippen LogP contribution in [-0.4, -0.2) is 59.1 Å². The average Bonchev–Trinajstić information content (AvgIpc) is 3.49. The molecule has 10 heteroatoms. The highest BCUT2D eigenvalue weighted by Crippen LogP contribution is 2.36. The molecule has 202 valence electrons. The number of rotatable bonds is 9. The van der Waals surface area contributed by atoms with Gasteiger partial charge < -0.3 is 20.3 Å². The monoisotopic (exact) mass is 538 g/mol. The molecule has 1 aliphatic carbocycles. The number of nitrogens with zero attached hydrogens (tertiary/aromatic N) is 5. The van der Waals surface area contributed by atoms with Crippen LogP contribution in [0.3, 0.4) is 0 Å². The maximum Gasteiger partial charge on any atom is 0.128 e. The number of benzene rings is 1. The lowest BCUT2D eigenvalue weighted by Crippen LogP contribution is -2.39. The summed E-state index contributed by atoms with van der Waals surface area (Å²) in [6.07, 6.45) is 8.39. The zero-order chi connectivity index (χ0) is 26.9. The van der Waals surface area contributed by atoms with E-state index in [0.29, 0.717) is 5.02 Å². The largest absolute Gasteiger partial charge is 0.490 e. The molecule has 0 saturated heterocycles. The zero-order valence-corrected chi connectivity index (χ0v) is 22.8. The summed E-state index contributed by atoms with van der Waals surface area (Å²) in [6, 6.07) is 9.85. The van der Waals surface area contributed by atoms with Crippen LogP contribution in [-0.2, 0) is 6.54 Å². The van der Waals surface area contributed by atoms with E-state index in [-0.39, 0.29) is 18.7 Å². The maximum absolute atomic E-state index is 10.3. The summed E-state index contributed by atoms with van der Waals surface area (Å²) in [6.45, 7) is 6.18. The standard InChI is InChI=1S/C28H35ClN6O3/c1-4-30-26-13-24-23(15-31-26)27(18-14-32-34(16-18)17-25(36)28(2,3)37)33-35(24)20-8-10-21(11-9-20)38-22-7-5-6-19(29)12-22/h5-7,12-16,20-21,25,36-37H,4,8-11,17H2,1-3H3,(H,30,31)/t20?,21?,25-/m0/s1. The van der Waals surface area contributed by atoms with Gasteiger partial charge in [0.2, 0.25) is 0 Å². The van der Waals surface area contributed by atoms with E-state index < -0.39 is 11.7 Å². The van der Waals surface area contributed by atoms with Crippen molar-refractivity contribution in [3.05, 3.63) is 53.9 Å². The van der Waals surface area contributed by atoms with Gasteiger partial charge in [-0.2, -0.15) is 10.2 Å². The van der Waals surface area contributed by atoms with E-state index in [1.165, 1.54) is 0 Å². The van der Waals surface area contributed by atoms with Gasteiger partial charge in [0.25, 0.3) is 0 Å². The maximum atomic E-state index is 10.3. The first-order chi connectivity index (χ1) is 18.2. The molecule has 1 aromatic carbocycles. The molecule has 3 aromatic heterocycles. The zero-order valence-electron chi connectivity index (χ0n) is 22.0. The van der Waals surface area contributed by atoms with Crippen LogP contribution in [0.4, 0.5) is 5.82 Å². The van der Waals surface area contributed by atoms with Crippen LogP contribution < -0.4 is 10.1 Å². The Bertz CT molecular complexity index is 1390. The van der Waals surface area contributed by atoms with Crippen LogP contribution in [0.25, 0.3) is 22.2 Å². The molecule has 9 nitrogen and oxygen atoms in total. The van der Waals surface area contributed by atoms with Crippen molar-refractivity contribution in [3.63, 3.8) is 0 Å². The topological polar surface area (TPSA) is 110 Å². The molecule has 3 heterocycles. The number of aliphatic hydroxyl groups is 2. The van der Waals surface area contributed by atoms with E-state index in [2.05, 4.69) is 26.1 Å². The van der Waals surface area contributed by atoms with Crippen molar-refractivity contribution in [2.75, 3.05) is 11.9 Å². The number of ether oxygens (including phenoxy) is 1. The predicted molar refractivity (Wildman–Crippen MR) is 149 cm³/mol. The number of aliphatic hydroxyl groups excluding tert-OH is 1. The summed E-state index contributed by atoms with van der Waals surface area (Å²) >= 11 is 6.12. The van der Waals surface area contributed by atoms with Crippen LogP contribution >= 0.6 is 11.6 Å². The van der Waals surface area contributed by atoms with Crippen molar-refractivity contribution in [2.45, 2.75) is 76.9 Å². The third kappa shape index (κ3) is 5.80. The number of nitrogens with one attached hydrogen (secondary N) is 1. The number of hydrogen-bond donors (Lipinski definition) is 3. The molecule has 0 spiro atoms. The van der Waals surface area contributed by atoms with Gasteiger partial charge in [-0.1, -0.05) is 17.7 Å². The Hall–Kier alpha value is -3.14. The van der Waals surface area contributed by atoms with Crippen molar-refractivity contribution in [1.29, 1.82) is 0 Å².